The van der Waals surface area contributed by atoms with Crippen LogP contribution < -0.4 is 10.2 Å². The van der Waals surface area contributed by atoms with E-state index in [2.05, 4.69) is 77.7 Å². The number of nitrogens with zero attached hydrogens (tertiary/aromatic N) is 2. The number of fused-ring (bicyclic) bond motifs is 1. The molecule has 1 unspecified atom stereocenters. The van der Waals surface area contributed by atoms with E-state index < -0.39 is 0 Å². The van der Waals surface area contributed by atoms with Gasteiger partial charge in [0.05, 0.1) is 5.02 Å². The third-order valence-corrected chi connectivity index (χ3v) is 7.19. The standard InChI is InChI=1S/C27H31ClN2O.C4H9NO.C2H6/c1-29-15-14-22-17-26(28)27(31)18-23(22)16-25(29)13-12-20-8-10-21(11-9-20)19-30(2)24-6-4-3-5-7-24;1-4(2)5-3-6;1-2/h3-11,17-18,25,31H,12-16,19H2,1-2H3;3-4H,1-2H3,(H,5,6);1-2H3. The molecule has 6 heteroatoms. The van der Waals surface area contributed by atoms with Gasteiger partial charge in [-0.25, -0.2) is 0 Å². The zero-order valence-corrected chi connectivity index (χ0v) is 25.2. The number of rotatable bonds is 8. The fourth-order valence-corrected chi connectivity index (χ4v) is 4.80. The van der Waals surface area contributed by atoms with Gasteiger partial charge in [0.25, 0.3) is 0 Å². The second kappa shape index (κ2) is 16.8. The van der Waals surface area contributed by atoms with E-state index in [1.54, 1.807) is 0 Å². The quantitative estimate of drug-likeness (QED) is 0.300. The van der Waals surface area contributed by atoms with Crippen molar-refractivity contribution in [2.45, 2.75) is 72.0 Å². The molecular weight excluding hydrogens is 506 g/mol. The van der Waals surface area contributed by atoms with Crippen molar-refractivity contribution in [1.82, 2.24) is 10.2 Å². The number of aromatic hydroxyl groups is 1. The minimum atomic E-state index is 0.194. The highest BCUT2D eigenvalue weighted by atomic mass is 35.5. The SMILES string of the molecule is CC.CC(C)NC=O.CN(Cc1ccc(CCC2Cc3cc(O)c(Cl)cc3CCN2C)cc1)c1ccccc1. The Balaban J connectivity index is 0.000000590. The number of para-hydroxylation sites is 1. The average molecular weight is 552 g/mol. The lowest BCUT2D eigenvalue weighted by Gasteiger charge is -2.26. The summed E-state index contributed by atoms with van der Waals surface area (Å²) < 4.78 is 0. The summed E-state index contributed by atoms with van der Waals surface area (Å²) >= 11 is 6.13. The normalized spacial score (nSPS) is 14.6. The maximum absolute atomic E-state index is 10.0. The van der Waals surface area contributed by atoms with Crippen LogP contribution in [0, 0.1) is 0 Å². The lowest BCUT2D eigenvalue weighted by molar-refractivity contribution is -0.109. The van der Waals surface area contributed by atoms with Crippen molar-refractivity contribution >= 4 is 23.7 Å². The van der Waals surface area contributed by atoms with Gasteiger partial charge in [-0.15, -0.1) is 0 Å². The van der Waals surface area contributed by atoms with Gasteiger partial charge in [0, 0.05) is 37.9 Å². The van der Waals surface area contributed by atoms with E-state index in [0.29, 0.717) is 17.5 Å². The molecule has 0 aliphatic carbocycles. The Bertz CT molecular complexity index is 1120. The first-order valence-corrected chi connectivity index (χ1v) is 14.4. The zero-order chi connectivity index (χ0) is 28.8. The monoisotopic (exact) mass is 551 g/mol. The lowest BCUT2D eigenvalue weighted by Crippen LogP contribution is -2.33. The van der Waals surface area contributed by atoms with Gasteiger partial charge in [0.15, 0.2) is 0 Å². The number of hydrogen-bond acceptors (Lipinski definition) is 4. The highest BCUT2D eigenvalue weighted by Crippen LogP contribution is 2.31. The predicted octanol–water partition coefficient (Wildman–Crippen LogP) is 6.88. The number of halogens is 1. The summed E-state index contributed by atoms with van der Waals surface area (Å²) in [5.74, 6) is 0.194. The molecule has 0 aromatic heterocycles. The molecule has 0 spiro atoms. The largest absolute Gasteiger partial charge is 0.506 e. The summed E-state index contributed by atoms with van der Waals surface area (Å²) in [6.45, 7) is 9.74. The van der Waals surface area contributed by atoms with Crippen molar-refractivity contribution in [2.75, 3.05) is 25.5 Å². The van der Waals surface area contributed by atoms with Gasteiger partial charge in [0.2, 0.25) is 6.41 Å². The number of phenols is 1. The van der Waals surface area contributed by atoms with Crippen LogP contribution in [0.15, 0.2) is 66.7 Å². The van der Waals surface area contributed by atoms with Crippen LogP contribution in [0.25, 0.3) is 0 Å². The van der Waals surface area contributed by atoms with E-state index in [4.69, 9.17) is 11.6 Å². The lowest BCUT2D eigenvalue weighted by atomic mass is 9.96. The molecule has 1 atom stereocenters. The number of aryl methyl sites for hydroxylation is 1. The molecule has 5 nitrogen and oxygen atoms in total. The summed E-state index contributed by atoms with van der Waals surface area (Å²) in [7, 11) is 4.34. The molecule has 0 fully saturated rings. The second-order valence-electron chi connectivity index (χ2n) is 10.1. The number of carbonyl (C=O) groups excluding carboxylic acids is 1. The highest BCUT2D eigenvalue weighted by Gasteiger charge is 2.22. The fourth-order valence-electron chi connectivity index (χ4n) is 4.61. The number of anilines is 1. The number of benzene rings is 3. The topological polar surface area (TPSA) is 55.8 Å². The van der Waals surface area contributed by atoms with Crippen molar-refractivity contribution < 1.29 is 9.90 Å². The van der Waals surface area contributed by atoms with Crippen LogP contribution in [0.3, 0.4) is 0 Å². The first kappa shape index (κ1) is 32.2. The fraction of sp³-hybridized carbons (Fsp3) is 0.424. The number of nitrogens with one attached hydrogen (secondary N) is 1. The van der Waals surface area contributed by atoms with Crippen LogP contribution in [0.2, 0.25) is 5.02 Å². The predicted molar refractivity (Wildman–Crippen MR) is 166 cm³/mol. The van der Waals surface area contributed by atoms with E-state index >= 15 is 0 Å². The third kappa shape index (κ3) is 10.6. The number of hydrogen-bond donors (Lipinski definition) is 2. The molecule has 2 N–H and O–H groups in total. The molecule has 0 saturated heterocycles. The summed E-state index contributed by atoms with van der Waals surface area (Å²) in [6, 6.07) is 24.1. The van der Waals surface area contributed by atoms with Crippen molar-refractivity contribution in [1.29, 1.82) is 0 Å². The van der Waals surface area contributed by atoms with Crippen LogP contribution in [0.4, 0.5) is 5.69 Å². The van der Waals surface area contributed by atoms with Gasteiger partial charge in [-0.3, -0.25) is 4.79 Å². The van der Waals surface area contributed by atoms with E-state index in [-0.39, 0.29) is 11.8 Å². The molecular formula is C33H46ClN3O2. The molecule has 0 saturated carbocycles. The third-order valence-electron chi connectivity index (χ3n) is 6.89. The molecule has 1 heterocycles. The van der Waals surface area contributed by atoms with Crippen molar-refractivity contribution in [3.63, 3.8) is 0 Å². The first-order chi connectivity index (χ1) is 18.8. The van der Waals surface area contributed by atoms with Gasteiger partial charge < -0.3 is 20.2 Å². The number of phenolic OH excluding ortho intramolecular Hbond substituents is 1. The second-order valence-corrected chi connectivity index (χ2v) is 10.6. The molecule has 3 aromatic carbocycles. The summed E-state index contributed by atoms with van der Waals surface area (Å²) in [5.41, 5.74) is 6.43. The van der Waals surface area contributed by atoms with Crippen molar-refractivity contribution in [3.8, 4) is 5.75 Å². The Morgan fingerprint density at radius 3 is 2.28 bits per heavy atom. The summed E-state index contributed by atoms with van der Waals surface area (Å²) in [5, 5.41) is 13.0. The average Bonchev–Trinajstić information content (AvgIpc) is 3.08. The molecule has 212 valence electrons. The van der Waals surface area contributed by atoms with Gasteiger partial charge in [-0.2, -0.15) is 0 Å². The Morgan fingerprint density at radius 1 is 1.05 bits per heavy atom. The minimum Gasteiger partial charge on any atom is -0.506 e. The molecule has 1 amide bonds. The number of carbonyl (C=O) groups is 1. The van der Waals surface area contributed by atoms with E-state index in [1.807, 2.05) is 45.9 Å². The van der Waals surface area contributed by atoms with E-state index in [1.165, 1.54) is 27.9 Å². The minimum absolute atomic E-state index is 0.194. The first-order valence-electron chi connectivity index (χ1n) is 14.0. The molecule has 4 rings (SSSR count). The summed E-state index contributed by atoms with van der Waals surface area (Å²) in [6.07, 6.45) is 4.79. The van der Waals surface area contributed by atoms with Gasteiger partial charge in [0.1, 0.15) is 5.75 Å². The van der Waals surface area contributed by atoms with Crippen LogP contribution in [0.5, 0.6) is 5.75 Å². The van der Waals surface area contributed by atoms with Crippen LogP contribution in [0.1, 0.15) is 56.4 Å². The van der Waals surface area contributed by atoms with Gasteiger partial charge in [-0.05, 0) is 93.1 Å². The van der Waals surface area contributed by atoms with Crippen molar-refractivity contribution in [3.05, 3.63) is 94.0 Å². The maximum Gasteiger partial charge on any atom is 0.207 e. The van der Waals surface area contributed by atoms with Crippen LogP contribution in [-0.2, 0) is 30.6 Å². The molecule has 1 aliphatic heterocycles. The van der Waals surface area contributed by atoms with E-state index in [9.17, 15) is 9.90 Å². The molecule has 0 radical (unpaired) electrons. The maximum atomic E-state index is 10.0. The van der Waals surface area contributed by atoms with Gasteiger partial charge >= 0.3 is 0 Å². The summed E-state index contributed by atoms with van der Waals surface area (Å²) in [4.78, 5) is 14.2. The Kier molecular flexibility index (Phi) is 13.9. The number of amides is 1. The molecule has 0 bridgehead atoms. The Hall–Kier alpha value is -3.02. The molecule has 1 aliphatic rings. The Morgan fingerprint density at radius 2 is 1.69 bits per heavy atom. The smallest absolute Gasteiger partial charge is 0.207 e. The van der Waals surface area contributed by atoms with Crippen LogP contribution >= 0.6 is 11.6 Å². The zero-order valence-electron chi connectivity index (χ0n) is 24.5. The molecule has 39 heavy (non-hydrogen) atoms. The molecule has 3 aromatic rings. The number of likely N-dealkylation sites (N-methyl/N-ethyl adjacent to an activating group) is 1. The van der Waals surface area contributed by atoms with Gasteiger partial charge in [-0.1, -0.05) is 67.9 Å². The van der Waals surface area contributed by atoms with E-state index in [0.717, 1.165) is 38.8 Å². The Labute approximate surface area is 240 Å². The van der Waals surface area contributed by atoms with Crippen molar-refractivity contribution in [2.24, 2.45) is 0 Å². The highest BCUT2D eigenvalue weighted by molar-refractivity contribution is 6.32. The van der Waals surface area contributed by atoms with Crippen LogP contribution in [-0.4, -0.2) is 49.1 Å².